The largest absolute Gasteiger partial charge is 0.342 e. The minimum atomic E-state index is -0.326. The molecule has 1 atom stereocenters. The van der Waals surface area contributed by atoms with Crippen LogP contribution >= 0.6 is 0 Å². The van der Waals surface area contributed by atoms with Crippen LogP contribution < -0.4 is 16.9 Å². The number of carbonyl (C=O) groups is 1. The Balaban J connectivity index is 1.75. The van der Waals surface area contributed by atoms with Crippen molar-refractivity contribution in [1.82, 2.24) is 14.7 Å². The number of piperidine rings is 1. The third-order valence-electron chi connectivity index (χ3n) is 5.10. The lowest BCUT2D eigenvalue weighted by Crippen LogP contribution is -2.54. The number of nitrogens with zero attached hydrogens (tertiary/aromatic N) is 2. The van der Waals surface area contributed by atoms with E-state index >= 15 is 0 Å². The zero-order valence-corrected chi connectivity index (χ0v) is 14.6. The number of carbonyl (C=O) groups excluding carboxylic acids is 1. The average Bonchev–Trinajstić information content (AvgIpc) is 2.59. The number of rotatable bonds is 3. The highest BCUT2D eigenvalue weighted by Gasteiger charge is 2.35. The first-order valence-corrected chi connectivity index (χ1v) is 8.55. The molecule has 1 saturated heterocycles. The Labute approximate surface area is 145 Å². The number of H-pyrrole nitrogens is 1. The highest BCUT2D eigenvalue weighted by atomic mass is 16.2. The highest BCUT2D eigenvalue weighted by Crippen LogP contribution is 2.27. The summed E-state index contributed by atoms with van der Waals surface area (Å²) in [5, 5.41) is 3.29. The van der Waals surface area contributed by atoms with Crippen molar-refractivity contribution in [2.75, 3.05) is 13.1 Å². The van der Waals surface area contributed by atoms with Gasteiger partial charge >= 0.3 is 0 Å². The smallest absolute Gasteiger partial charge is 0.273 e. The van der Waals surface area contributed by atoms with Crippen LogP contribution in [0.5, 0.6) is 0 Å². The molecule has 0 radical (unpaired) electrons. The number of nitrogens with two attached hydrogens (primary N) is 1. The summed E-state index contributed by atoms with van der Waals surface area (Å²) in [5.41, 5.74) is 5.37. The summed E-state index contributed by atoms with van der Waals surface area (Å²) >= 11 is 0. The van der Waals surface area contributed by atoms with Gasteiger partial charge in [-0.2, -0.15) is 0 Å². The fourth-order valence-electron chi connectivity index (χ4n) is 3.36. The topological polar surface area (TPSA) is 101 Å². The van der Waals surface area contributed by atoms with Gasteiger partial charge in [0.05, 0.1) is 17.3 Å². The van der Waals surface area contributed by atoms with Crippen LogP contribution in [0.4, 0.5) is 0 Å². The van der Waals surface area contributed by atoms with Crippen LogP contribution in [-0.2, 0) is 11.3 Å². The molecule has 1 fully saturated rings. The quantitative estimate of drug-likeness (QED) is 0.854. The van der Waals surface area contributed by atoms with Crippen LogP contribution in [-0.4, -0.2) is 39.7 Å². The summed E-state index contributed by atoms with van der Waals surface area (Å²) < 4.78 is 1.23. The molecule has 25 heavy (non-hydrogen) atoms. The second kappa shape index (κ2) is 6.48. The van der Waals surface area contributed by atoms with Crippen molar-refractivity contribution in [3.05, 3.63) is 45.0 Å². The SMILES string of the molecule is CC1(C)CN(C(=O)CCn2[nH]c(=O)c3ccccc3c2=O)CCC1N. The van der Waals surface area contributed by atoms with Crippen LogP contribution in [0.25, 0.3) is 10.8 Å². The first-order valence-electron chi connectivity index (χ1n) is 8.55. The molecule has 134 valence electrons. The van der Waals surface area contributed by atoms with E-state index in [1.807, 2.05) is 0 Å². The van der Waals surface area contributed by atoms with Gasteiger partial charge in [0.2, 0.25) is 5.91 Å². The van der Waals surface area contributed by atoms with Crippen molar-refractivity contribution in [3.8, 4) is 0 Å². The lowest BCUT2D eigenvalue weighted by Gasteiger charge is -2.42. The van der Waals surface area contributed by atoms with E-state index in [0.717, 1.165) is 6.42 Å². The number of fused-ring (bicyclic) bond motifs is 1. The van der Waals surface area contributed by atoms with Crippen LogP contribution in [0, 0.1) is 5.41 Å². The maximum atomic E-state index is 12.5. The third kappa shape index (κ3) is 3.37. The van der Waals surface area contributed by atoms with E-state index in [1.165, 1.54) is 4.68 Å². The van der Waals surface area contributed by atoms with Crippen molar-refractivity contribution in [2.45, 2.75) is 39.3 Å². The molecule has 7 heteroatoms. The molecule has 1 aliphatic heterocycles. The predicted octanol–water partition coefficient (Wildman–Crippen LogP) is 0.666. The lowest BCUT2D eigenvalue weighted by molar-refractivity contribution is -0.134. The summed E-state index contributed by atoms with van der Waals surface area (Å²) in [4.78, 5) is 38.9. The van der Waals surface area contributed by atoms with Gasteiger partial charge in [-0.15, -0.1) is 0 Å². The summed E-state index contributed by atoms with van der Waals surface area (Å²) in [6.45, 7) is 5.51. The van der Waals surface area contributed by atoms with E-state index in [4.69, 9.17) is 5.73 Å². The number of hydrogen-bond acceptors (Lipinski definition) is 4. The van der Waals surface area contributed by atoms with Gasteiger partial charge in [-0.25, -0.2) is 4.68 Å². The summed E-state index contributed by atoms with van der Waals surface area (Å²) in [7, 11) is 0. The van der Waals surface area contributed by atoms with Crippen LogP contribution in [0.15, 0.2) is 33.9 Å². The standard InChI is InChI=1S/C18H24N4O3/c1-18(2)11-21(9-7-14(18)19)15(23)8-10-22-17(25)13-6-4-3-5-12(13)16(24)20-22/h3-6,14H,7-11,19H2,1-2H3,(H,20,24). The van der Waals surface area contributed by atoms with E-state index in [1.54, 1.807) is 29.2 Å². The zero-order valence-electron chi connectivity index (χ0n) is 14.6. The number of likely N-dealkylation sites (tertiary alicyclic amines) is 1. The minimum Gasteiger partial charge on any atom is -0.342 e. The number of benzene rings is 1. The van der Waals surface area contributed by atoms with Gasteiger partial charge in [-0.1, -0.05) is 26.0 Å². The molecule has 7 nitrogen and oxygen atoms in total. The molecule has 1 amide bonds. The number of aryl methyl sites for hydroxylation is 1. The highest BCUT2D eigenvalue weighted by molar-refractivity contribution is 5.80. The average molecular weight is 344 g/mol. The van der Waals surface area contributed by atoms with Gasteiger partial charge in [0.25, 0.3) is 11.1 Å². The normalized spacial score (nSPS) is 20.0. The number of aromatic amines is 1. The molecule has 0 aliphatic carbocycles. The molecule has 2 heterocycles. The van der Waals surface area contributed by atoms with Crippen LogP contribution in [0.1, 0.15) is 26.7 Å². The third-order valence-corrected chi connectivity index (χ3v) is 5.10. The van der Waals surface area contributed by atoms with Gasteiger partial charge in [0, 0.05) is 25.6 Å². The second-order valence-corrected chi connectivity index (χ2v) is 7.39. The monoisotopic (exact) mass is 344 g/mol. The summed E-state index contributed by atoms with van der Waals surface area (Å²) in [6, 6.07) is 6.76. The molecule has 0 bridgehead atoms. The summed E-state index contributed by atoms with van der Waals surface area (Å²) in [6.07, 6.45) is 0.936. The molecule has 0 saturated carbocycles. The molecular weight excluding hydrogens is 320 g/mol. The number of amides is 1. The van der Waals surface area contributed by atoms with Crippen molar-refractivity contribution in [3.63, 3.8) is 0 Å². The lowest BCUT2D eigenvalue weighted by atomic mass is 9.79. The first kappa shape index (κ1) is 17.4. The van der Waals surface area contributed by atoms with Gasteiger partial charge in [0.1, 0.15) is 0 Å². The van der Waals surface area contributed by atoms with Crippen molar-refractivity contribution in [1.29, 1.82) is 0 Å². The van der Waals surface area contributed by atoms with Gasteiger partial charge in [-0.05, 0) is 24.0 Å². The molecule has 2 aromatic rings. The fraction of sp³-hybridized carbons (Fsp3) is 0.500. The van der Waals surface area contributed by atoms with Crippen molar-refractivity contribution >= 4 is 16.7 Å². The van der Waals surface area contributed by atoms with Crippen LogP contribution in [0.2, 0.25) is 0 Å². The van der Waals surface area contributed by atoms with E-state index in [0.29, 0.717) is 23.9 Å². The maximum Gasteiger partial charge on any atom is 0.273 e. The van der Waals surface area contributed by atoms with Crippen molar-refractivity contribution in [2.24, 2.45) is 11.1 Å². The molecule has 1 aromatic heterocycles. The molecule has 1 unspecified atom stereocenters. The Morgan fingerprint density at radius 1 is 1.28 bits per heavy atom. The number of hydrogen-bond donors (Lipinski definition) is 2. The molecule has 3 N–H and O–H groups in total. The van der Waals surface area contributed by atoms with E-state index in [-0.39, 0.29) is 41.4 Å². The predicted molar refractivity (Wildman–Crippen MR) is 96.4 cm³/mol. The summed E-state index contributed by atoms with van der Waals surface area (Å²) in [5.74, 6) is -0.0270. The molecule has 3 rings (SSSR count). The molecular formula is C18H24N4O3. The maximum absolute atomic E-state index is 12.5. The van der Waals surface area contributed by atoms with Crippen LogP contribution in [0.3, 0.4) is 0 Å². The van der Waals surface area contributed by atoms with Gasteiger partial charge in [-0.3, -0.25) is 19.5 Å². The van der Waals surface area contributed by atoms with Crippen molar-refractivity contribution < 1.29 is 4.79 Å². The molecule has 0 spiro atoms. The minimum absolute atomic E-state index is 0.0270. The zero-order chi connectivity index (χ0) is 18.2. The second-order valence-electron chi connectivity index (χ2n) is 7.39. The van der Waals surface area contributed by atoms with E-state index in [2.05, 4.69) is 18.9 Å². The van der Waals surface area contributed by atoms with Gasteiger partial charge in [0.15, 0.2) is 0 Å². The van der Waals surface area contributed by atoms with Gasteiger partial charge < -0.3 is 10.6 Å². The molecule has 1 aliphatic rings. The Kier molecular flexibility index (Phi) is 4.51. The van der Waals surface area contributed by atoms with E-state index in [9.17, 15) is 14.4 Å². The first-order chi connectivity index (χ1) is 11.8. The number of aromatic nitrogens is 2. The Morgan fingerprint density at radius 2 is 1.96 bits per heavy atom. The molecule has 1 aromatic carbocycles. The Hall–Kier alpha value is -2.41. The fourth-order valence-corrected chi connectivity index (χ4v) is 3.36. The Bertz CT molecular complexity index is 912. The number of nitrogens with one attached hydrogen (secondary N) is 1. The Morgan fingerprint density at radius 3 is 2.64 bits per heavy atom. The van der Waals surface area contributed by atoms with E-state index < -0.39 is 0 Å².